The minimum atomic E-state index is -4.64. The number of nitrogens with zero attached hydrogens (tertiary/aromatic N) is 2. The second kappa shape index (κ2) is 12.4. The number of rotatable bonds is 3. The number of amides is 2. The van der Waals surface area contributed by atoms with Crippen molar-refractivity contribution in [3.63, 3.8) is 0 Å². The Labute approximate surface area is 179 Å². The molecule has 0 saturated carbocycles. The highest BCUT2D eigenvalue weighted by Crippen LogP contribution is 2.23. The van der Waals surface area contributed by atoms with Crippen LogP contribution in [0.25, 0.3) is 0 Å². The van der Waals surface area contributed by atoms with Gasteiger partial charge in [-0.15, -0.1) is 0 Å². The van der Waals surface area contributed by atoms with Crippen LogP contribution in [-0.4, -0.2) is 68.9 Å². The Morgan fingerprint density at radius 3 is 2.06 bits per heavy atom. The topological polar surface area (TPSA) is 86.8 Å². The maximum absolute atomic E-state index is 13.9. The van der Waals surface area contributed by atoms with Crippen molar-refractivity contribution < 1.29 is 40.0 Å². The largest absolute Gasteiger partial charge is 0.446 e. The average molecular weight is 471 g/mol. The van der Waals surface area contributed by atoms with E-state index in [0.717, 1.165) is 25.9 Å². The summed E-state index contributed by atoms with van der Waals surface area (Å²) in [5.74, 6) is -1.16. The molecule has 2 fully saturated rings. The van der Waals surface area contributed by atoms with E-state index in [9.17, 15) is 26.7 Å². The maximum atomic E-state index is 13.9. The van der Waals surface area contributed by atoms with Crippen molar-refractivity contribution in [1.82, 2.24) is 15.1 Å². The molecule has 0 atom stereocenters. The lowest BCUT2D eigenvalue weighted by Crippen LogP contribution is -2.45. The molecule has 0 aromatic heterocycles. The number of carbonyl (C=O) groups is 2. The number of alkyl halides is 3. The maximum Gasteiger partial charge on any atom is 0.446 e. The zero-order valence-electron chi connectivity index (χ0n) is 16.6. The molecule has 0 aliphatic carbocycles. The average Bonchev–Trinajstić information content (AvgIpc) is 3.06. The van der Waals surface area contributed by atoms with Crippen molar-refractivity contribution in [2.45, 2.75) is 38.5 Å². The van der Waals surface area contributed by atoms with E-state index >= 15 is 0 Å². The van der Waals surface area contributed by atoms with E-state index in [1.165, 1.54) is 12.1 Å². The molecule has 3 rings (SSSR count). The molecule has 0 unspecified atom stereocenters. The first-order chi connectivity index (χ1) is 14.5. The number of piperidine rings is 1. The van der Waals surface area contributed by atoms with Gasteiger partial charge in [0, 0.05) is 24.7 Å². The Hall–Kier alpha value is -2.41. The summed E-state index contributed by atoms with van der Waals surface area (Å²) in [5.41, 5.74) is 0.522. The smallest absolute Gasteiger partial charge is 0.320 e. The Kier molecular flexibility index (Phi) is 10.7. The zero-order chi connectivity index (χ0) is 23.6. The van der Waals surface area contributed by atoms with E-state index in [1.54, 1.807) is 11.8 Å². The number of aldehydes is 1. The van der Waals surface area contributed by atoms with Crippen LogP contribution in [0.3, 0.4) is 0 Å². The van der Waals surface area contributed by atoms with E-state index in [4.69, 9.17) is 13.2 Å². The molecule has 2 aliphatic rings. The molecule has 174 valence electrons. The molecule has 31 heavy (non-hydrogen) atoms. The Bertz CT molecular complexity index is 774. The van der Waals surface area contributed by atoms with Gasteiger partial charge in [0.05, 0.1) is 6.54 Å². The minimum absolute atomic E-state index is 0.00174. The SMILES string of the molecule is Cc1cc(F)c(CN2CCN(C3CCNCC3)C2=O)c(F)c1.O=CC(F)(F)F.O=S=O. The number of nitrogens with one attached hydrogen (secondary N) is 1. The lowest BCUT2D eigenvalue weighted by Gasteiger charge is -2.31. The predicted molar refractivity (Wildman–Crippen MR) is 101 cm³/mol. The molecule has 2 amide bonds. The monoisotopic (exact) mass is 471 g/mol. The van der Waals surface area contributed by atoms with E-state index < -0.39 is 35.7 Å². The van der Waals surface area contributed by atoms with Crippen molar-refractivity contribution in [2.75, 3.05) is 26.2 Å². The van der Waals surface area contributed by atoms with Crippen molar-refractivity contribution in [3.8, 4) is 0 Å². The van der Waals surface area contributed by atoms with Gasteiger partial charge in [0.1, 0.15) is 11.6 Å². The third kappa shape index (κ3) is 8.69. The standard InChI is InChI=1S/C16H21F2N3O.C2HF3O.O2S/c1-11-8-14(17)13(15(18)9-11)10-20-6-7-21(16(20)22)12-2-4-19-5-3-12;3-2(4,5)1-6;1-3-2/h8-9,12,19H,2-7,10H2,1H3;1H;. The molecule has 1 N–H and O–H groups in total. The fraction of sp³-hybridized carbons (Fsp3) is 0.556. The van der Waals surface area contributed by atoms with Crippen LogP contribution in [0.15, 0.2) is 12.1 Å². The number of benzene rings is 1. The summed E-state index contributed by atoms with van der Waals surface area (Å²) in [6.07, 6.45) is -3.83. The fourth-order valence-electron chi connectivity index (χ4n) is 3.28. The second-order valence-electron chi connectivity index (χ2n) is 6.81. The highest BCUT2D eigenvalue weighted by molar-refractivity contribution is 7.51. The summed E-state index contributed by atoms with van der Waals surface area (Å²) in [4.78, 5) is 24.6. The molecule has 1 aromatic rings. The van der Waals surface area contributed by atoms with Crippen molar-refractivity contribution in [3.05, 3.63) is 34.9 Å². The van der Waals surface area contributed by atoms with Gasteiger partial charge in [-0.3, -0.25) is 4.79 Å². The number of hydrogen-bond donors (Lipinski definition) is 1. The molecule has 7 nitrogen and oxygen atoms in total. The number of urea groups is 1. The Morgan fingerprint density at radius 1 is 1.13 bits per heavy atom. The van der Waals surface area contributed by atoms with E-state index in [-0.39, 0.29) is 24.2 Å². The summed E-state index contributed by atoms with van der Waals surface area (Å²) >= 11 is -0.750. The molecule has 13 heteroatoms. The third-order valence-electron chi connectivity index (χ3n) is 4.64. The summed E-state index contributed by atoms with van der Waals surface area (Å²) < 4.78 is 75.7. The molecule has 0 bridgehead atoms. The summed E-state index contributed by atoms with van der Waals surface area (Å²) in [6.45, 7) is 4.63. The number of carbonyl (C=O) groups excluding carboxylic acids is 2. The van der Waals surface area contributed by atoms with Gasteiger partial charge in [-0.2, -0.15) is 21.6 Å². The highest BCUT2D eigenvalue weighted by atomic mass is 32.1. The van der Waals surface area contributed by atoms with Crippen LogP contribution in [0.4, 0.5) is 26.7 Å². The zero-order valence-corrected chi connectivity index (χ0v) is 17.4. The van der Waals surface area contributed by atoms with E-state index in [2.05, 4.69) is 5.32 Å². The second-order valence-corrected chi connectivity index (χ2v) is 6.95. The molecule has 2 saturated heterocycles. The Balaban J connectivity index is 0.000000455. The summed E-state index contributed by atoms with van der Waals surface area (Å²) in [6, 6.07) is 2.75. The molecule has 1 aromatic carbocycles. The van der Waals surface area contributed by atoms with Crippen molar-refractivity contribution in [1.29, 1.82) is 0 Å². The van der Waals surface area contributed by atoms with Crippen LogP contribution in [0.5, 0.6) is 0 Å². The minimum Gasteiger partial charge on any atom is -0.320 e. The van der Waals surface area contributed by atoms with Gasteiger partial charge in [0.2, 0.25) is 6.29 Å². The first kappa shape index (κ1) is 26.6. The normalized spacial score (nSPS) is 16.8. The van der Waals surface area contributed by atoms with Gasteiger partial charge in [-0.05, 0) is 50.6 Å². The molecular formula is C18H22F5N3O4S. The molecule has 2 heterocycles. The molecule has 0 spiro atoms. The molecular weight excluding hydrogens is 449 g/mol. The lowest BCUT2D eigenvalue weighted by atomic mass is 10.1. The third-order valence-corrected chi connectivity index (χ3v) is 4.64. The summed E-state index contributed by atoms with van der Waals surface area (Å²) in [7, 11) is 0. The van der Waals surface area contributed by atoms with E-state index in [0.29, 0.717) is 18.7 Å². The first-order valence-electron chi connectivity index (χ1n) is 9.19. The number of hydrogen-bond acceptors (Lipinski definition) is 5. The number of halogens is 5. The van der Waals surface area contributed by atoms with E-state index in [1.807, 2.05) is 4.90 Å². The van der Waals surface area contributed by atoms with Gasteiger partial charge < -0.3 is 15.1 Å². The Morgan fingerprint density at radius 2 is 1.61 bits per heavy atom. The quantitative estimate of drug-likeness (QED) is 0.540. The highest BCUT2D eigenvalue weighted by Gasteiger charge is 2.34. The van der Waals surface area contributed by atoms with Crippen LogP contribution in [0, 0.1) is 18.6 Å². The molecule has 2 aliphatic heterocycles. The van der Waals surface area contributed by atoms with Crippen LogP contribution >= 0.6 is 0 Å². The van der Waals surface area contributed by atoms with Gasteiger partial charge in [-0.1, -0.05) is 0 Å². The van der Waals surface area contributed by atoms with Crippen LogP contribution < -0.4 is 5.32 Å². The van der Waals surface area contributed by atoms with Crippen molar-refractivity contribution >= 4 is 23.9 Å². The number of aryl methyl sites for hydroxylation is 1. The van der Waals surface area contributed by atoms with Crippen LogP contribution in [-0.2, 0) is 22.9 Å². The van der Waals surface area contributed by atoms with Crippen LogP contribution in [0.2, 0.25) is 0 Å². The predicted octanol–water partition coefficient (Wildman–Crippen LogP) is 2.34. The van der Waals surface area contributed by atoms with Crippen LogP contribution in [0.1, 0.15) is 24.0 Å². The summed E-state index contributed by atoms with van der Waals surface area (Å²) in [5, 5.41) is 3.27. The van der Waals surface area contributed by atoms with Gasteiger partial charge in [0.25, 0.3) is 0 Å². The fourth-order valence-corrected chi connectivity index (χ4v) is 3.28. The van der Waals surface area contributed by atoms with Gasteiger partial charge in [0.15, 0.2) is 0 Å². The van der Waals surface area contributed by atoms with Gasteiger partial charge >= 0.3 is 23.8 Å². The van der Waals surface area contributed by atoms with Gasteiger partial charge in [-0.25, -0.2) is 13.6 Å². The van der Waals surface area contributed by atoms with Crippen molar-refractivity contribution in [2.24, 2.45) is 0 Å². The first-order valence-corrected chi connectivity index (χ1v) is 9.86. The lowest BCUT2D eigenvalue weighted by molar-refractivity contribution is -0.156. The molecule has 0 radical (unpaired) electrons.